The summed E-state index contributed by atoms with van der Waals surface area (Å²) in [5.74, 6) is -0.131. The first-order valence-electron chi connectivity index (χ1n) is 9.62. The molecule has 30 heavy (non-hydrogen) atoms. The van der Waals surface area contributed by atoms with Crippen molar-refractivity contribution in [2.24, 2.45) is 0 Å². The number of amides is 1. The van der Waals surface area contributed by atoms with E-state index in [1.807, 2.05) is 32.0 Å². The highest BCUT2D eigenvalue weighted by atomic mass is 32.2. The summed E-state index contributed by atoms with van der Waals surface area (Å²) in [4.78, 5) is 23.6. The fraction of sp³-hybridized carbons (Fsp3) is 0.350. The fourth-order valence-electron chi connectivity index (χ4n) is 3.48. The normalized spacial score (nSPS) is 15.7. The number of nitro benzene ring substituents is 1. The van der Waals surface area contributed by atoms with Gasteiger partial charge in [-0.05, 0) is 37.1 Å². The van der Waals surface area contributed by atoms with Gasteiger partial charge in [-0.25, -0.2) is 8.42 Å². The lowest BCUT2D eigenvalue weighted by atomic mass is 10.1. The molecule has 2 aromatic carbocycles. The molecule has 9 nitrogen and oxygen atoms in total. The average molecular weight is 434 g/mol. The summed E-state index contributed by atoms with van der Waals surface area (Å²) in [6.07, 6.45) is 0. The molecule has 0 aromatic heterocycles. The monoisotopic (exact) mass is 433 g/mol. The van der Waals surface area contributed by atoms with Crippen molar-refractivity contribution in [1.82, 2.24) is 4.31 Å². The highest BCUT2D eigenvalue weighted by Gasteiger charge is 2.35. The molecule has 0 saturated carbocycles. The molecule has 1 aliphatic heterocycles. The first-order valence-corrected chi connectivity index (χ1v) is 11.1. The van der Waals surface area contributed by atoms with Crippen LogP contribution in [0, 0.1) is 24.0 Å². The quantitative estimate of drug-likeness (QED) is 0.515. The zero-order valence-corrected chi connectivity index (χ0v) is 17.7. The first-order chi connectivity index (χ1) is 14.2. The standard InChI is InChI=1S/C20H24N4O5S/c1-15-7-8-16(2)17(13-15)21-20(25)14-22-9-11-23(12-10-22)30(28,29)19-6-4-3-5-18(19)24(26)27/h3-8,13H,9-12,14H2,1-2H3,(H,21,25)/p+1. The van der Waals surface area contributed by atoms with Crippen LogP contribution in [0.15, 0.2) is 47.4 Å². The molecule has 0 bridgehead atoms. The second-order valence-electron chi connectivity index (χ2n) is 7.42. The van der Waals surface area contributed by atoms with E-state index in [9.17, 15) is 23.3 Å². The SMILES string of the molecule is Cc1ccc(C)c(NC(=O)C[NH+]2CCN(S(=O)(=O)c3ccccc3[N+](=O)[O-])CC2)c1. The zero-order valence-electron chi connectivity index (χ0n) is 16.9. The van der Waals surface area contributed by atoms with Crippen LogP contribution >= 0.6 is 0 Å². The molecule has 1 fully saturated rings. The van der Waals surface area contributed by atoms with Crippen molar-refractivity contribution in [3.63, 3.8) is 0 Å². The molecule has 1 aliphatic rings. The molecule has 3 rings (SSSR count). The van der Waals surface area contributed by atoms with Crippen molar-refractivity contribution in [3.8, 4) is 0 Å². The Hall–Kier alpha value is -2.82. The Morgan fingerprint density at radius 2 is 1.83 bits per heavy atom. The topological polar surface area (TPSA) is 114 Å². The summed E-state index contributed by atoms with van der Waals surface area (Å²) < 4.78 is 27.0. The van der Waals surface area contributed by atoms with Crippen molar-refractivity contribution in [1.29, 1.82) is 0 Å². The third kappa shape index (κ3) is 4.84. The number of para-hydroxylation sites is 1. The lowest BCUT2D eigenvalue weighted by molar-refractivity contribution is -0.895. The van der Waals surface area contributed by atoms with Crippen LogP contribution in [0.5, 0.6) is 0 Å². The van der Waals surface area contributed by atoms with Crippen molar-refractivity contribution in [3.05, 3.63) is 63.7 Å². The van der Waals surface area contributed by atoms with Crippen LogP contribution in [-0.2, 0) is 14.8 Å². The Kier molecular flexibility index (Phi) is 6.49. The maximum absolute atomic E-state index is 12.9. The van der Waals surface area contributed by atoms with Crippen molar-refractivity contribution < 1.29 is 23.0 Å². The summed E-state index contributed by atoms with van der Waals surface area (Å²) in [6, 6.07) is 11.2. The predicted octanol–water partition coefficient (Wildman–Crippen LogP) is 0.740. The summed E-state index contributed by atoms with van der Waals surface area (Å²) >= 11 is 0. The average Bonchev–Trinajstić information content (AvgIpc) is 2.71. The number of rotatable bonds is 6. The number of carbonyl (C=O) groups is 1. The van der Waals surface area contributed by atoms with E-state index in [0.29, 0.717) is 13.1 Å². The molecule has 10 heteroatoms. The van der Waals surface area contributed by atoms with Gasteiger partial charge in [0.05, 0.1) is 31.1 Å². The molecule has 0 atom stereocenters. The first kappa shape index (κ1) is 21.9. The second kappa shape index (κ2) is 8.90. The molecule has 2 aromatic rings. The number of anilines is 1. The number of sulfonamides is 1. The number of hydrogen-bond donors (Lipinski definition) is 2. The molecule has 1 amide bonds. The smallest absolute Gasteiger partial charge is 0.289 e. The lowest BCUT2D eigenvalue weighted by Gasteiger charge is -2.31. The van der Waals surface area contributed by atoms with Crippen molar-refractivity contribution >= 4 is 27.3 Å². The zero-order chi connectivity index (χ0) is 21.9. The van der Waals surface area contributed by atoms with Crippen LogP contribution in [0.4, 0.5) is 11.4 Å². The summed E-state index contributed by atoms with van der Waals surface area (Å²) in [7, 11) is -3.97. The van der Waals surface area contributed by atoms with Crippen LogP contribution in [0.1, 0.15) is 11.1 Å². The number of nitrogens with one attached hydrogen (secondary N) is 2. The maximum Gasteiger partial charge on any atom is 0.289 e. The number of nitrogens with zero attached hydrogens (tertiary/aromatic N) is 2. The minimum absolute atomic E-state index is 0.131. The van der Waals surface area contributed by atoms with Crippen molar-refractivity contribution in [2.45, 2.75) is 18.7 Å². The molecule has 2 N–H and O–H groups in total. The van der Waals surface area contributed by atoms with E-state index in [1.54, 1.807) is 0 Å². The second-order valence-corrected chi connectivity index (χ2v) is 9.33. The summed E-state index contributed by atoms with van der Waals surface area (Å²) in [6.45, 7) is 5.39. The number of aryl methyl sites for hydroxylation is 2. The van der Waals surface area contributed by atoms with Gasteiger partial charge in [0.15, 0.2) is 11.4 Å². The highest BCUT2D eigenvalue weighted by Crippen LogP contribution is 2.26. The van der Waals surface area contributed by atoms with E-state index in [2.05, 4.69) is 5.32 Å². The molecular formula is C20H25N4O5S+. The Morgan fingerprint density at radius 3 is 2.50 bits per heavy atom. The third-order valence-corrected chi connectivity index (χ3v) is 7.13. The Labute approximate surface area is 175 Å². The van der Waals surface area contributed by atoms with Gasteiger partial charge in [0, 0.05) is 11.8 Å². The van der Waals surface area contributed by atoms with Gasteiger partial charge in [-0.2, -0.15) is 4.31 Å². The van der Waals surface area contributed by atoms with Gasteiger partial charge in [0.1, 0.15) is 0 Å². The largest absolute Gasteiger partial charge is 0.325 e. The van der Waals surface area contributed by atoms with Gasteiger partial charge >= 0.3 is 0 Å². The van der Waals surface area contributed by atoms with E-state index in [-0.39, 0.29) is 30.4 Å². The van der Waals surface area contributed by atoms with Crippen molar-refractivity contribution in [2.75, 3.05) is 38.0 Å². The van der Waals surface area contributed by atoms with Gasteiger partial charge < -0.3 is 10.2 Å². The molecule has 0 aliphatic carbocycles. The number of hydrogen-bond acceptors (Lipinski definition) is 5. The Balaban J connectivity index is 1.61. The number of quaternary nitrogens is 1. The van der Waals surface area contributed by atoms with Gasteiger partial charge in [-0.3, -0.25) is 14.9 Å². The molecule has 1 heterocycles. The van der Waals surface area contributed by atoms with Gasteiger partial charge in [0.2, 0.25) is 10.0 Å². The molecule has 160 valence electrons. The number of nitro groups is 1. The minimum atomic E-state index is -3.97. The van der Waals surface area contributed by atoms with E-state index >= 15 is 0 Å². The Morgan fingerprint density at radius 1 is 1.17 bits per heavy atom. The Bertz CT molecular complexity index is 1060. The van der Waals surface area contributed by atoms with Crippen LogP contribution in [-0.4, -0.2) is 56.3 Å². The lowest BCUT2D eigenvalue weighted by Crippen LogP contribution is -3.15. The van der Waals surface area contributed by atoms with Crippen LogP contribution in [0.25, 0.3) is 0 Å². The third-order valence-electron chi connectivity index (χ3n) is 5.19. The number of piperazine rings is 1. The number of carbonyl (C=O) groups excluding carboxylic acids is 1. The van der Waals surface area contributed by atoms with Crippen LogP contribution in [0.2, 0.25) is 0 Å². The van der Waals surface area contributed by atoms with Crippen LogP contribution in [0.3, 0.4) is 0 Å². The molecule has 0 spiro atoms. The molecule has 0 radical (unpaired) electrons. The molecular weight excluding hydrogens is 408 g/mol. The summed E-state index contributed by atoms with van der Waals surface area (Å²) in [5, 5.41) is 14.1. The minimum Gasteiger partial charge on any atom is -0.325 e. The van der Waals surface area contributed by atoms with E-state index in [0.717, 1.165) is 21.7 Å². The van der Waals surface area contributed by atoms with Gasteiger partial charge in [-0.1, -0.05) is 24.3 Å². The predicted molar refractivity (Wildman–Crippen MR) is 112 cm³/mol. The fourth-order valence-corrected chi connectivity index (χ4v) is 5.08. The van der Waals surface area contributed by atoms with Gasteiger partial charge in [0.25, 0.3) is 11.6 Å². The highest BCUT2D eigenvalue weighted by molar-refractivity contribution is 7.89. The van der Waals surface area contributed by atoms with E-state index in [4.69, 9.17) is 0 Å². The maximum atomic E-state index is 12.9. The van der Waals surface area contributed by atoms with E-state index in [1.165, 1.54) is 28.6 Å². The number of benzene rings is 2. The molecule has 1 saturated heterocycles. The van der Waals surface area contributed by atoms with E-state index < -0.39 is 20.6 Å². The van der Waals surface area contributed by atoms with Gasteiger partial charge in [-0.15, -0.1) is 0 Å². The summed E-state index contributed by atoms with van der Waals surface area (Å²) in [5.41, 5.74) is 2.37. The molecule has 0 unspecified atom stereocenters. The van der Waals surface area contributed by atoms with Crippen LogP contribution < -0.4 is 10.2 Å².